The molecule has 0 aliphatic heterocycles. The number of phosphoric acid groups is 1. The van der Waals surface area contributed by atoms with Gasteiger partial charge >= 0.3 is 19.8 Å². The van der Waals surface area contributed by atoms with E-state index in [1.54, 1.807) is 0 Å². The normalized spacial score (nSPS) is 14.1. The van der Waals surface area contributed by atoms with Crippen LogP contribution in [0.25, 0.3) is 0 Å². The molecular formula is C43H81O10P. The first kappa shape index (κ1) is 52.5. The molecule has 0 aliphatic carbocycles. The number of allylic oxidation sites excluding steroid dienone is 4. The zero-order chi connectivity index (χ0) is 39.8. The third kappa shape index (κ3) is 38.7. The van der Waals surface area contributed by atoms with Gasteiger partial charge in [0.2, 0.25) is 0 Å². The minimum atomic E-state index is -4.61. The largest absolute Gasteiger partial charge is 0.472 e. The third-order valence-electron chi connectivity index (χ3n) is 9.36. The summed E-state index contributed by atoms with van der Waals surface area (Å²) in [6.07, 6.45) is 38.5. The molecule has 0 bridgehead atoms. The minimum absolute atomic E-state index is 0.187. The van der Waals surface area contributed by atoms with E-state index < -0.39 is 51.8 Å². The van der Waals surface area contributed by atoms with Crippen LogP contribution in [0.4, 0.5) is 0 Å². The van der Waals surface area contributed by atoms with Gasteiger partial charge in [-0.15, -0.1) is 0 Å². The number of rotatable bonds is 41. The van der Waals surface area contributed by atoms with Gasteiger partial charge in [0, 0.05) is 12.8 Å². The van der Waals surface area contributed by atoms with Crippen LogP contribution in [0.15, 0.2) is 24.3 Å². The summed E-state index contributed by atoms with van der Waals surface area (Å²) in [5, 5.41) is 18.3. The maximum Gasteiger partial charge on any atom is 0.472 e. The second-order valence-electron chi connectivity index (χ2n) is 14.7. The molecule has 10 nitrogen and oxygen atoms in total. The fourth-order valence-electron chi connectivity index (χ4n) is 5.96. The van der Waals surface area contributed by atoms with E-state index in [4.69, 9.17) is 19.1 Å². The second-order valence-corrected chi connectivity index (χ2v) is 16.2. The fraction of sp³-hybridized carbons (Fsp3) is 0.860. The minimum Gasteiger partial charge on any atom is -0.462 e. The summed E-state index contributed by atoms with van der Waals surface area (Å²) in [5.74, 6) is -0.923. The van der Waals surface area contributed by atoms with Crippen molar-refractivity contribution in [1.29, 1.82) is 0 Å². The average Bonchev–Trinajstić information content (AvgIpc) is 3.16. The Bertz CT molecular complexity index is 957. The summed E-state index contributed by atoms with van der Waals surface area (Å²) in [4.78, 5) is 34.9. The van der Waals surface area contributed by atoms with Crippen LogP contribution >= 0.6 is 7.82 Å². The molecule has 0 aromatic heterocycles. The van der Waals surface area contributed by atoms with Crippen molar-refractivity contribution in [2.24, 2.45) is 0 Å². The van der Waals surface area contributed by atoms with Gasteiger partial charge in [0.1, 0.15) is 12.7 Å². The number of carbonyl (C=O) groups excluding carboxylic acids is 2. The second kappa shape index (κ2) is 39.7. The molecule has 0 saturated heterocycles. The first-order chi connectivity index (χ1) is 26.2. The quantitative estimate of drug-likeness (QED) is 0.0236. The van der Waals surface area contributed by atoms with Crippen molar-refractivity contribution in [2.75, 3.05) is 26.4 Å². The van der Waals surface area contributed by atoms with E-state index in [1.165, 1.54) is 109 Å². The molecule has 0 aromatic rings. The van der Waals surface area contributed by atoms with Gasteiger partial charge in [0.05, 0.1) is 19.8 Å². The van der Waals surface area contributed by atoms with Crippen LogP contribution in [0.3, 0.4) is 0 Å². The summed E-state index contributed by atoms with van der Waals surface area (Å²) in [5.41, 5.74) is 0. The number of ether oxygens (including phenoxy) is 2. The summed E-state index contributed by atoms with van der Waals surface area (Å²) in [7, 11) is -4.61. The molecule has 0 rings (SSSR count). The number of esters is 2. The van der Waals surface area contributed by atoms with E-state index in [9.17, 15) is 24.2 Å². The molecule has 0 aliphatic rings. The maximum atomic E-state index is 12.6. The van der Waals surface area contributed by atoms with Gasteiger partial charge in [0.15, 0.2) is 6.10 Å². The number of unbranched alkanes of at least 4 members (excludes halogenated alkanes) is 23. The van der Waals surface area contributed by atoms with Gasteiger partial charge in [-0.3, -0.25) is 18.6 Å². The van der Waals surface area contributed by atoms with Gasteiger partial charge in [-0.05, 0) is 44.9 Å². The fourth-order valence-corrected chi connectivity index (χ4v) is 6.75. The Morgan fingerprint density at radius 1 is 0.556 bits per heavy atom. The van der Waals surface area contributed by atoms with Crippen molar-refractivity contribution in [2.45, 2.75) is 212 Å². The van der Waals surface area contributed by atoms with Crippen molar-refractivity contribution in [3.05, 3.63) is 24.3 Å². The molecule has 3 atom stereocenters. The van der Waals surface area contributed by atoms with Crippen molar-refractivity contribution in [3.8, 4) is 0 Å². The van der Waals surface area contributed by atoms with E-state index >= 15 is 0 Å². The van der Waals surface area contributed by atoms with Crippen molar-refractivity contribution >= 4 is 19.8 Å². The summed E-state index contributed by atoms with van der Waals surface area (Å²) < 4.78 is 32.7. The molecule has 0 heterocycles. The van der Waals surface area contributed by atoms with Crippen LogP contribution in [-0.4, -0.2) is 65.7 Å². The molecule has 0 aromatic carbocycles. The summed E-state index contributed by atoms with van der Waals surface area (Å²) in [6, 6.07) is 0. The average molecular weight is 789 g/mol. The predicted octanol–water partition coefficient (Wildman–Crippen LogP) is 11.4. The number of hydrogen-bond acceptors (Lipinski definition) is 9. The van der Waals surface area contributed by atoms with Gasteiger partial charge < -0.3 is 24.6 Å². The highest BCUT2D eigenvalue weighted by molar-refractivity contribution is 7.47. The maximum absolute atomic E-state index is 12.6. The number of aliphatic hydroxyl groups excluding tert-OH is 2. The highest BCUT2D eigenvalue weighted by atomic mass is 31.2. The van der Waals surface area contributed by atoms with Crippen LogP contribution in [0.2, 0.25) is 0 Å². The number of phosphoric ester groups is 1. The Morgan fingerprint density at radius 3 is 1.46 bits per heavy atom. The molecule has 1 unspecified atom stereocenters. The van der Waals surface area contributed by atoms with E-state index in [1.807, 2.05) is 0 Å². The summed E-state index contributed by atoms with van der Waals surface area (Å²) >= 11 is 0. The number of carbonyl (C=O) groups is 2. The van der Waals surface area contributed by atoms with E-state index in [2.05, 4.69) is 42.7 Å². The monoisotopic (exact) mass is 789 g/mol. The Kier molecular flexibility index (Phi) is 38.5. The van der Waals surface area contributed by atoms with Gasteiger partial charge in [-0.1, -0.05) is 167 Å². The van der Waals surface area contributed by atoms with E-state index in [0.29, 0.717) is 12.8 Å². The lowest BCUT2D eigenvalue weighted by atomic mass is 10.0. The smallest absolute Gasteiger partial charge is 0.462 e. The van der Waals surface area contributed by atoms with Crippen molar-refractivity contribution in [3.63, 3.8) is 0 Å². The number of hydrogen-bond donors (Lipinski definition) is 3. The highest BCUT2D eigenvalue weighted by Gasteiger charge is 2.27. The van der Waals surface area contributed by atoms with Crippen molar-refractivity contribution in [1.82, 2.24) is 0 Å². The van der Waals surface area contributed by atoms with Gasteiger partial charge in [0.25, 0.3) is 0 Å². The first-order valence-electron chi connectivity index (χ1n) is 21.8. The first-order valence-corrected chi connectivity index (χ1v) is 23.3. The van der Waals surface area contributed by atoms with Crippen LogP contribution in [0.5, 0.6) is 0 Å². The molecule has 0 spiro atoms. The van der Waals surface area contributed by atoms with Crippen LogP contribution in [0, 0.1) is 0 Å². The molecule has 11 heteroatoms. The molecule has 0 amide bonds. The van der Waals surface area contributed by atoms with Gasteiger partial charge in [-0.2, -0.15) is 0 Å². The summed E-state index contributed by atoms with van der Waals surface area (Å²) in [6.45, 7) is 2.36. The SMILES string of the molecule is CCCCC/C=C/C/C=C/CCCCCCCCCCCC(=O)OC[C@@H](COP(=O)(O)OC[C@H](O)CO)OC(=O)CCCCCCCCCCCCCC. The lowest BCUT2D eigenvalue weighted by Gasteiger charge is -2.20. The molecule has 318 valence electrons. The Labute approximate surface area is 329 Å². The predicted molar refractivity (Wildman–Crippen MR) is 219 cm³/mol. The van der Waals surface area contributed by atoms with Crippen LogP contribution < -0.4 is 0 Å². The van der Waals surface area contributed by atoms with Crippen molar-refractivity contribution < 1.29 is 47.8 Å². The zero-order valence-corrected chi connectivity index (χ0v) is 35.3. The Hall–Kier alpha value is -1.55. The van der Waals surface area contributed by atoms with Gasteiger partial charge in [-0.25, -0.2) is 4.57 Å². The molecule has 54 heavy (non-hydrogen) atoms. The Morgan fingerprint density at radius 2 is 0.963 bits per heavy atom. The molecular weight excluding hydrogens is 707 g/mol. The molecule has 3 N–H and O–H groups in total. The number of aliphatic hydroxyl groups is 2. The standard InChI is InChI=1S/C43H81O10P/c1-3-5-7-9-11-13-15-17-18-19-20-21-22-23-25-26-28-30-32-34-42(46)50-38-41(39-52-54(48,49)51-37-40(45)36-44)53-43(47)35-33-31-29-27-24-16-14-12-10-8-6-4-2/h11,13,17-18,40-41,44-45H,3-10,12,14-16,19-39H2,1-2H3,(H,48,49)/b13-11+,18-17+/t40-,41+/m1/s1. The van der Waals surface area contributed by atoms with Crippen LogP contribution in [-0.2, 0) is 32.7 Å². The highest BCUT2D eigenvalue weighted by Crippen LogP contribution is 2.43. The third-order valence-corrected chi connectivity index (χ3v) is 10.3. The van der Waals surface area contributed by atoms with E-state index in [0.717, 1.165) is 51.4 Å². The topological polar surface area (TPSA) is 149 Å². The zero-order valence-electron chi connectivity index (χ0n) is 34.4. The molecule has 0 radical (unpaired) electrons. The molecule has 0 fully saturated rings. The Balaban J connectivity index is 4.23. The lowest BCUT2D eigenvalue weighted by Crippen LogP contribution is -2.29. The lowest BCUT2D eigenvalue weighted by molar-refractivity contribution is -0.161. The molecule has 0 saturated carbocycles. The van der Waals surface area contributed by atoms with E-state index in [-0.39, 0.29) is 19.4 Å². The van der Waals surface area contributed by atoms with Crippen LogP contribution in [0.1, 0.15) is 200 Å².